The van der Waals surface area contributed by atoms with Gasteiger partial charge in [0.05, 0.1) is 6.54 Å². The molecule has 0 unspecified atom stereocenters. The lowest BCUT2D eigenvalue weighted by atomic mass is 10.00. The summed E-state index contributed by atoms with van der Waals surface area (Å²) in [7, 11) is 1.97. The highest BCUT2D eigenvalue weighted by molar-refractivity contribution is 5.74. The Morgan fingerprint density at radius 3 is 2.88 bits per heavy atom. The van der Waals surface area contributed by atoms with Crippen LogP contribution < -0.4 is 16.2 Å². The molecule has 2 aliphatic heterocycles. The largest absolute Gasteiger partial charge is 0.338 e. The summed E-state index contributed by atoms with van der Waals surface area (Å²) in [5.41, 5.74) is 11.0. The fourth-order valence-corrected chi connectivity index (χ4v) is 3.67. The maximum Gasteiger partial charge on any atom is 0.219 e. The van der Waals surface area contributed by atoms with Crippen LogP contribution >= 0.6 is 0 Å². The molecular formula is C18H24N6O. The van der Waals surface area contributed by atoms with E-state index in [9.17, 15) is 4.79 Å². The average molecular weight is 340 g/mol. The van der Waals surface area contributed by atoms with Crippen LogP contribution in [0, 0.1) is 0 Å². The average Bonchev–Trinajstić information content (AvgIpc) is 3.24. The van der Waals surface area contributed by atoms with Gasteiger partial charge in [0.25, 0.3) is 0 Å². The van der Waals surface area contributed by atoms with Crippen LogP contribution in [0.4, 0.5) is 11.5 Å². The Kier molecular flexibility index (Phi) is 4.19. The number of amides is 1. The summed E-state index contributed by atoms with van der Waals surface area (Å²) in [5.74, 6) is 1.44. The van der Waals surface area contributed by atoms with Crippen molar-refractivity contribution >= 4 is 17.4 Å². The molecule has 1 fully saturated rings. The number of anilines is 2. The summed E-state index contributed by atoms with van der Waals surface area (Å²) in [6.45, 7) is 4.89. The molecule has 132 valence electrons. The van der Waals surface area contributed by atoms with Crippen LogP contribution in [0.3, 0.4) is 0 Å². The SMILES string of the molecule is CC(=O)N1CCc2c(c(Nc3cccc(C4CNNC4)c3)nn2C)C1. The summed E-state index contributed by atoms with van der Waals surface area (Å²) in [6, 6.07) is 8.49. The van der Waals surface area contributed by atoms with Gasteiger partial charge in [-0.05, 0) is 17.7 Å². The van der Waals surface area contributed by atoms with Crippen LogP contribution in [0.5, 0.6) is 0 Å². The predicted octanol–water partition coefficient (Wildman–Crippen LogP) is 1.26. The fourth-order valence-electron chi connectivity index (χ4n) is 3.67. The first-order chi connectivity index (χ1) is 12.1. The molecule has 0 aliphatic carbocycles. The van der Waals surface area contributed by atoms with E-state index >= 15 is 0 Å². The number of hydrogen-bond acceptors (Lipinski definition) is 5. The fraction of sp³-hybridized carbons (Fsp3) is 0.444. The second-order valence-corrected chi connectivity index (χ2v) is 6.80. The molecule has 7 heteroatoms. The summed E-state index contributed by atoms with van der Waals surface area (Å²) in [6.07, 6.45) is 0.847. The number of fused-ring (bicyclic) bond motifs is 1. The van der Waals surface area contributed by atoms with Crippen LogP contribution in [0.25, 0.3) is 0 Å². The van der Waals surface area contributed by atoms with Crippen molar-refractivity contribution in [1.29, 1.82) is 0 Å². The van der Waals surface area contributed by atoms with Crippen molar-refractivity contribution in [2.24, 2.45) is 7.05 Å². The maximum atomic E-state index is 11.7. The molecule has 1 amide bonds. The first-order valence-corrected chi connectivity index (χ1v) is 8.75. The van der Waals surface area contributed by atoms with Crippen molar-refractivity contribution in [3.63, 3.8) is 0 Å². The Labute approximate surface area is 147 Å². The monoisotopic (exact) mass is 340 g/mol. The molecule has 0 spiro atoms. The lowest BCUT2D eigenvalue weighted by Gasteiger charge is -2.26. The molecule has 7 nitrogen and oxygen atoms in total. The van der Waals surface area contributed by atoms with Crippen molar-refractivity contribution in [1.82, 2.24) is 25.5 Å². The molecule has 1 aromatic heterocycles. The van der Waals surface area contributed by atoms with E-state index < -0.39 is 0 Å². The molecule has 3 heterocycles. The Morgan fingerprint density at radius 1 is 1.32 bits per heavy atom. The number of aromatic nitrogens is 2. The predicted molar refractivity (Wildman–Crippen MR) is 96.5 cm³/mol. The number of benzene rings is 1. The zero-order chi connectivity index (χ0) is 17.4. The van der Waals surface area contributed by atoms with E-state index in [1.165, 1.54) is 11.3 Å². The van der Waals surface area contributed by atoms with Crippen molar-refractivity contribution in [2.45, 2.75) is 25.8 Å². The molecule has 1 saturated heterocycles. The second-order valence-electron chi connectivity index (χ2n) is 6.80. The summed E-state index contributed by atoms with van der Waals surface area (Å²) >= 11 is 0. The standard InChI is InChI=1S/C18H24N6O/c1-12(25)24-7-6-17-16(11-24)18(22-23(17)2)21-15-5-3-4-13(8-15)14-9-19-20-10-14/h3-5,8,14,19-20H,6-7,9-11H2,1-2H3,(H,21,22). The van der Waals surface area contributed by atoms with E-state index in [-0.39, 0.29) is 5.91 Å². The van der Waals surface area contributed by atoms with E-state index in [1.807, 2.05) is 16.6 Å². The van der Waals surface area contributed by atoms with E-state index in [0.717, 1.165) is 43.1 Å². The quantitative estimate of drug-likeness (QED) is 0.784. The molecule has 2 aromatic rings. The molecule has 0 saturated carbocycles. The van der Waals surface area contributed by atoms with Gasteiger partial charge in [-0.25, -0.2) is 0 Å². The highest BCUT2D eigenvalue weighted by Crippen LogP contribution is 2.29. The van der Waals surface area contributed by atoms with Crippen molar-refractivity contribution in [3.8, 4) is 0 Å². The Hall–Kier alpha value is -2.38. The van der Waals surface area contributed by atoms with E-state index in [0.29, 0.717) is 12.5 Å². The van der Waals surface area contributed by atoms with Crippen LogP contribution in [0.15, 0.2) is 24.3 Å². The Bertz CT molecular complexity index is 793. The highest BCUT2D eigenvalue weighted by atomic mass is 16.2. The van der Waals surface area contributed by atoms with Crippen LogP contribution in [-0.4, -0.2) is 40.2 Å². The van der Waals surface area contributed by atoms with Gasteiger partial charge in [0, 0.05) is 62.9 Å². The van der Waals surface area contributed by atoms with Gasteiger partial charge in [-0.3, -0.25) is 20.3 Å². The number of aryl methyl sites for hydroxylation is 1. The lowest BCUT2D eigenvalue weighted by molar-refractivity contribution is -0.129. The topological polar surface area (TPSA) is 74.2 Å². The van der Waals surface area contributed by atoms with Crippen molar-refractivity contribution in [2.75, 3.05) is 25.0 Å². The Balaban J connectivity index is 1.59. The zero-order valence-electron chi connectivity index (χ0n) is 14.7. The summed E-state index contributed by atoms with van der Waals surface area (Å²) < 4.78 is 1.93. The molecule has 0 bridgehead atoms. The van der Waals surface area contributed by atoms with Crippen LogP contribution in [-0.2, 0) is 24.8 Å². The van der Waals surface area contributed by atoms with Crippen molar-refractivity contribution in [3.05, 3.63) is 41.1 Å². The molecule has 1 aromatic carbocycles. The van der Waals surface area contributed by atoms with E-state index in [4.69, 9.17) is 0 Å². The van der Waals surface area contributed by atoms with Gasteiger partial charge in [-0.15, -0.1) is 0 Å². The third-order valence-electron chi connectivity index (χ3n) is 5.13. The maximum absolute atomic E-state index is 11.7. The van der Waals surface area contributed by atoms with Gasteiger partial charge in [0.1, 0.15) is 0 Å². The molecule has 0 radical (unpaired) electrons. The normalized spacial score (nSPS) is 17.6. The lowest BCUT2D eigenvalue weighted by Crippen LogP contribution is -2.34. The number of nitrogens with zero attached hydrogens (tertiary/aromatic N) is 3. The first kappa shape index (κ1) is 16.1. The van der Waals surface area contributed by atoms with Gasteiger partial charge in [0.2, 0.25) is 5.91 Å². The number of carbonyl (C=O) groups excluding carboxylic acids is 1. The molecule has 0 atom stereocenters. The van der Waals surface area contributed by atoms with E-state index in [1.54, 1.807) is 6.92 Å². The third kappa shape index (κ3) is 3.12. The number of hydrogen-bond donors (Lipinski definition) is 3. The minimum Gasteiger partial charge on any atom is -0.338 e. The van der Waals surface area contributed by atoms with Gasteiger partial charge in [0.15, 0.2) is 5.82 Å². The number of hydrazine groups is 1. The van der Waals surface area contributed by atoms with Gasteiger partial charge >= 0.3 is 0 Å². The molecule has 25 heavy (non-hydrogen) atoms. The molecule has 4 rings (SSSR count). The van der Waals surface area contributed by atoms with Gasteiger partial charge in [-0.1, -0.05) is 12.1 Å². The highest BCUT2D eigenvalue weighted by Gasteiger charge is 2.25. The van der Waals surface area contributed by atoms with Crippen LogP contribution in [0.2, 0.25) is 0 Å². The number of rotatable bonds is 3. The third-order valence-corrected chi connectivity index (χ3v) is 5.13. The first-order valence-electron chi connectivity index (χ1n) is 8.75. The Morgan fingerprint density at radius 2 is 2.12 bits per heavy atom. The number of nitrogens with one attached hydrogen (secondary N) is 3. The molecule has 3 N–H and O–H groups in total. The second kappa shape index (κ2) is 6.50. The van der Waals surface area contributed by atoms with Crippen molar-refractivity contribution < 1.29 is 4.79 Å². The van der Waals surface area contributed by atoms with Gasteiger partial charge in [-0.2, -0.15) is 5.10 Å². The van der Waals surface area contributed by atoms with Gasteiger partial charge < -0.3 is 10.2 Å². The number of carbonyl (C=O) groups is 1. The summed E-state index contributed by atoms with van der Waals surface area (Å²) in [5, 5.41) is 8.12. The smallest absolute Gasteiger partial charge is 0.219 e. The molecule has 2 aliphatic rings. The molecular weight excluding hydrogens is 316 g/mol. The minimum atomic E-state index is 0.115. The van der Waals surface area contributed by atoms with Crippen LogP contribution in [0.1, 0.15) is 29.7 Å². The minimum absolute atomic E-state index is 0.115. The zero-order valence-corrected chi connectivity index (χ0v) is 14.7. The van der Waals surface area contributed by atoms with E-state index in [2.05, 4.69) is 45.5 Å². The summed E-state index contributed by atoms with van der Waals surface area (Å²) in [4.78, 5) is 13.6.